The Bertz CT molecular complexity index is 673. The van der Waals surface area contributed by atoms with Gasteiger partial charge in [-0.05, 0) is 23.8 Å². The number of epoxide rings is 1. The molecule has 3 rings (SSSR count). The van der Waals surface area contributed by atoms with Crippen molar-refractivity contribution in [3.05, 3.63) is 70.7 Å². The van der Waals surface area contributed by atoms with E-state index in [2.05, 4.69) is 0 Å². The summed E-state index contributed by atoms with van der Waals surface area (Å²) in [5.74, 6) is 0.236. The molecule has 0 spiro atoms. The van der Waals surface area contributed by atoms with Gasteiger partial charge >= 0.3 is 5.97 Å². The summed E-state index contributed by atoms with van der Waals surface area (Å²) < 4.78 is 10.6. The van der Waals surface area contributed by atoms with Crippen LogP contribution >= 0.6 is 11.6 Å². The van der Waals surface area contributed by atoms with Crippen LogP contribution in [0.25, 0.3) is 11.8 Å². The number of hydrogen-bond donors (Lipinski definition) is 0. The summed E-state index contributed by atoms with van der Waals surface area (Å²) in [4.78, 5) is 12.0. The van der Waals surface area contributed by atoms with Gasteiger partial charge in [-0.15, -0.1) is 0 Å². The molecule has 22 heavy (non-hydrogen) atoms. The Kier molecular flexibility index (Phi) is 4.56. The quantitative estimate of drug-likeness (QED) is 0.360. The van der Waals surface area contributed by atoms with E-state index < -0.39 is 0 Å². The molecule has 1 fully saturated rings. The lowest BCUT2D eigenvalue weighted by Crippen LogP contribution is -2.07. The SMILES string of the molecule is O=C(CC1CO1)O/C(=C/c1ccc(Cl)cc1)c1ccccc1. The second-order valence-corrected chi connectivity index (χ2v) is 5.50. The molecule has 0 bridgehead atoms. The highest BCUT2D eigenvalue weighted by molar-refractivity contribution is 6.30. The Balaban J connectivity index is 1.84. The van der Waals surface area contributed by atoms with Gasteiger partial charge in [-0.3, -0.25) is 4.79 Å². The summed E-state index contributed by atoms with van der Waals surface area (Å²) in [6, 6.07) is 16.9. The first-order valence-corrected chi connectivity index (χ1v) is 7.43. The van der Waals surface area contributed by atoms with E-state index in [1.807, 2.05) is 48.5 Å². The van der Waals surface area contributed by atoms with Gasteiger partial charge < -0.3 is 9.47 Å². The molecule has 1 aliphatic heterocycles. The largest absolute Gasteiger partial charge is 0.426 e. The number of rotatable bonds is 5. The fourth-order valence-electron chi connectivity index (χ4n) is 2.02. The van der Waals surface area contributed by atoms with Crippen LogP contribution in [0.4, 0.5) is 0 Å². The van der Waals surface area contributed by atoms with E-state index >= 15 is 0 Å². The fraction of sp³-hybridized carbons (Fsp3) is 0.167. The van der Waals surface area contributed by atoms with E-state index in [1.165, 1.54) is 0 Å². The highest BCUT2D eigenvalue weighted by atomic mass is 35.5. The number of halogens is 1. The van der Waals surface area contributed by atoms with Gasteiger partial charge in [0.15, 0.2) is 0 Å². The standard InChI is InChI=1S/C18H15ClO3/c19-15-8-6-13(7-9-15)10-17(14-4-2-1-3-5-14)22-18(20)11-16-12-21-16/h1-10,16H,11-12H2/b17-10+. The maximum Gasteiger partial charge on any atom is 0.313 e. The average molecular weight is 315 g/mol. The molecule has 1 heterocycles. The van der Waals surface area contributed by atoms with Crippen LogP contribution in [0.1, 0.15) is 17.5 Å². The molecule has 1 aliphatic rings. The van der Waals surface area contributed by atoms with E-state index in [0.29, 0.717) is 17.4 Å². The first-order chi connectivity index (χ1) is 10.7. The smallest absolute Gasteiger partial charge is 0.313 e. The second-order valence-electron chi connectivity index (χ2n) is 5.06. The van der Waals surface area contributed by atoms with Crippen LogP contribution in [0.15, 0.2) is 54.6 Å². The Labute approximate surface area is 134 Å². The van der Waals surface area contributed by atoms with Gasteiger partial charge in [-0.1, -0.05) is 54.1 Å². The molecule has 112 valence electrons. The van der Waals surface area contributed by atoms with Gasteiger partial charge in [0.2, 0.25) is 0 Å². The van der Waals surface area contributed by atoms with Crippen LogP contribution in [0, 0.1) is 0 Å². The molecule has 1 atom stereocenters. The molecule has 0 amide bonds. The lowest BCUT2D eigenvalue weighted by Gasteiger charge is -2.09. The van der Waals surface area contributed by atoms with Crippen LogP contribution in [0.3, 0.4) is 0 Å². The van der Waals surface area contributed by atoms with Crippen molar-refractivity contribution < 1.29 is 14.3 Å². The molecule has 2 aromatic carbocycles. The van der Waals surface area contributed by atoms with Crippen LogP contribution in [0.2, 0.25) is 5.02 Å². The predicted molar refractivity (Wildman–Crippen MR) is 86.2 cm³/mol. The van der Waals surface area contributed by atoms with Crippen LogP contribution in [-0.4, -0.2) is 18.7 Å². The van der Waals surface area contributed by atoms with Crippen molar-refractivity contribution in [1.82, 2.24) is 0 Å². The molecule has 1 saturated heterocycles. The third kappa shape index (κ3) is 4.20. The summed E-state index contributed by atoms with van der Waals surface area (Å²) in [5, 5.41) is 0.668. The van der Waals surface area contributed by atoms with Crippen molar-refractivity contribution in [3.63, 3.8) is 0 Å². The van der Waals surface area contributed by atoms with Gasteiger partial charge in [0.25, 0.3) is 0 Å². The van der Waals surface area contributed by atoms with Crippen molar-refractivity contribution in [2.24, 2.45) is 0 Å². The third-order valence-electron chi connectivity index (χ3n) is 3.25. The highest BCUT2D eigenvalue weighted by Crippen LogP contribution is 2.23. The van der Waals surface area contributed by atoms with Crippen molar-refractivity contribution in [1.29, 1.82) is 0 Å². The zero-order valence-electron chi connectivity index (χ0n) is 11.9. The zero-order chi connectivity index (χ0) is 15.4. The molecular formula is C18H15ClO3. The van der Waals surface area contributed by atoms with Crippen molar-refractivity contribution >= 4 is 29.4 Å². The van der Waals surface area contributed by atoms with Crippen molar-refractivity contribution in [2.75, 3.05) is 6.61 Å². The monoisotopic (exact) mass is 314 g/mol. The van der Waals surface area contributed by atoms with Gasteiger partial charge in [0.05, 0.1) is 19.1 Å². The Morgan fingerprint density at radius 3 is 2.50 bits per heavy atom. The predicted octanol–water partition coefficient (Wildman–Crippen LogP) is 4.17. The highest BCUT2D eigenvalue weighted by Gasteiger charge is 2.27. The number of carbonyl (C=O) groups is 1. The minimum atomic E-state index is -0.286. The molecule has 0 aromatic heterocycles. The molecular weight excluding hydrogens is 300 g/mol. The molecule has 0 radical (unpaired) electrons. The summed E-state index contributed by atoms with van der Waals surface area (Å²) in [7, 11) is 0. The van der Waals surface area contributed by atoms with E-state index in [0.717, 1.165) is 11.1 Å². The lowest BCUT2D eigenvalue weighted by molar-refractivity contribution is -0.136. The maximum atomic E-state index is 12.0. The molecule has 0 N–H and O–H groups in total. The number of ether oxygens (including phenoxy) is 2. The molecule has 2 aromatic rings. The number of hydrogen-bond acceptors (Lipinski definition) is 3. The van der Waals surface area contributed by atoms with E-state index in [4.69, 9.17) is 21.1 Å². The van der Waals surface area contributed by atoms with Crippen molar-refractivity contribution in [3.8, 4) is 0 Å². The normalized spacial score (nSPS) is 17.1. The van der Waals surface area contributed by atoms with Gasteiger partial charge in [-0.25, -0.2) is 0 Å². The number of benzene rings is 2. The zero-order valence-corrected chi connectivity index (χ0v) is 12.6. The van der Waals surface area contributed by atoms with Gasteiger partial charge in [0, 0.05) is 10.6 Å². The van der Waals surface area contributed by atoms with Crippen molar-refractivity contribution in [2.45, 2.75) is 12.5 Å². The minimum Gasteiger partial charge on any atom is -0.426 e. The molecule has 0 saturated carbocycles. The Hall–Kier alpha value is -2.10. The maximum absolute atomic E-state index is 12.0. The first-order valence-electron chi connectivity index (χ1n) is 7.06. The van der Waals surface area contributed by atoms with Crippen LogP contribution < -0.4 is 0 Å². The number of carbonyl (C=O) groups excluding carboxylic acids is 1. The molecule has 3 nitrogen and oxygen atoms in total. The summed E-state index contributed by atoms with van der Waals surface area (Å²) in [5.41, 5.74) is 1.77. The second kappa shape index (κ2) is 6.77. The molecule has 0 aliphatic carbocycles. The summed E-state index contributed by atoms with van der Waals surface area (Å²) in [6.45, 7) is 0.636. The summed E-state index contributed by atoms with van der Waals surface area (Å²) in [6.07, 6.45) is 2.13. The first kappa shape index (κ1) is 14.8. The van der Waals surface area contributed by atoms with Gasteiger partial charge in [-0.2, -0.15) is 0 Å². The van der Waals surface area contributed by atoms with Crippen LogP contribution in [-0.2, 0) is 14.3 Å². The summed E-state index contributed by atoms with van der Waals surface area (Å²) >= 11 is 5.89. The molecule has 1 unspecified atom stereocenters. The lowest BCUT2D eigenvalue weighted by atomic mass is 10.1. The average Bonchev–Trinajstić information content (AvgIpc) is 3.33. The molecule has 4 heteroatoms. The third-order valence-corrected chi connectivity index (χ3v) is 3.50. The van der Waals surface area contributed by atoms with E-state index in [-0.39, 0.29) is 18.5 Å². The van der Waals surface area contributed by atoms with E-state index in [9.17, 15) is 4.79 Å². The fourth-order valence-corrected chi connectivity index (χ4v) is 2.15. The van der Waals surface area contributed by atoms with E-state index in [1.54, 1.807) is 12.1 Å². The topological polar surface area (TPSA) is 38.8 Å². The van der Waals surface area contributed by atoms with Crippen LogP contribution in [0.5, 0.6) is 0 Å². The Morgan fingerprint density at radius 2 is 1.86 bits per heavy atom. The minimum absolute atomic E-state index is 0.0139. The van der Waals surface area contributed by atoms with Gasteiger partial charge in [0.1, 0.15) is 5.76 Å². The number of esters is 1. The Morgan fingerprint density at radius 1 is 1.18 bits per heavy atom.